The number of aliphatic hydroxyl groups excluding tert-OH is 5. The van der Waals surface area contributed by atoms with Crippen LogP contribution in [0, 0.1) is 0 Å². The Morgan fingerprint density at radius 3 is 1.41 bits per heavy atom. The number of hydrogen-bond donors (Lipinski definition) is 7. The lowest BCUT2D eigenvalue weighted by Crippen LogP contribution is -2.46. The Hall–Kier alpha value is -2.75. The largest absolute Gasteiger partial charge is 0.508 e. The van der Waals surface area contributed by atoms with E-state index >= 15 is 0 Å². The zero-order valence-corrected chi connectivity index (χ0v) is 18.2. The molecule has 2 aromatic rings. The molecule has 2 rings (SSSR count). The van der Waals surface area contributed by atoms with Crippen molar-refractivity contribution in [3.05, 3.63) is 59.7 Å². The molecule has 0 aliphatic carbocycles. The number of aromatic hydroxyl groups is 2. The second-order valence-corrected chi connectivity index (χ2v) is 7.12. The molecule has 0 spiro atoms. The number of aliphatic hydroxyl groups is 5. The Morgan fingerprint density at radius 1 is 0.750 bits per heavy atom. The summed E-state index contributed by atoms with van der Waals surface area (Å²) < 4.78 is 0. The number of benzene rings is 2. The Labute approximate surface area is 187 Å². The first kappa shape index (κ1) is 27.3. The SMILES string of the molecule is CC/C(=C(/CC)c1ccc(O)cc1)c1ccc(O)cc1.O=C[C@H](O)[C@@H](O)[C@H](O)[C@H](O)CO. The van der Waals surface area contributed by atoms with Gasteiger partial charge in [-0.05, 0) is 59.4 Å². The maximum atomic E-state index is 9.90. The van der Waals surface area contributed by atoms with E-state index in [9.17, 15) is 15.0 Å². The molecular weight excluding hydrogens is 416 g/mol. The van der Waals surface area contributed by atoms with Gasteiger partial charge in [-0.2, -0.15) is 0 Å². The van der Waals surface area contributed by atoms with Crippen LogP contribution in [0.4, 0.5) is 0 Å². The van der Waals surface area contributed by atoms with E-state index in [2.05, 4.69) is 13.8 Å². The number of aldehydes is 1. The van der Waals surface area contributed by atoms with E-state index in [1.54, 1.807) is 24.3 Å². The van der Waals surface area contributed by atoms with E-state index in [1.165, 1.54) is 11.1 Å². The van der Waals surface area contributed by atoms with Gasteiger partial charge >= 0.3 is 0 Å². The van der Waals surface area contributed by atoms with Gasteiger partial charge in [-0.3, -0.25) is 0 Å². The molecule has 32 heavy (non-hydrogen) atoms. The number of phenolic OH excluding ortho intramolecular Hbond substituents is 2. The third kappa shape index (κ3) is 7.74. The fourth-order valence-corrected chi connectivity index (χ4v) is 3.13. The summed E-state index contributed by atoms with van der Waals surface area (Å²) in [5, 5.41) is 62.4. The molecule has 2 aromatic carbocycles. The van der Waals surface area contributed by atoms with Gasteiger partial charge in [0.2, 0.25) is 0 Å². The molecule has 7 N–H and O–H groups in total. The minimum atomic E-state index is -1.79. The number of rotatable bonds is 9. The molecule has 0 bridgehead atoms. The second kappa shape index (κ2) is 13.6. The average molecular weight is 449 g/mol. The molecule has 0 aromatic heterocycles. The van der Waals surface area contributed by atoms with Gasteiger partial charge in [0, 0.05) is 0 Å². The number of hydrogen-bond acceptors (Lipinski definition) is 8. The lowest BCUT2D eigenvalue weighted by Gasteiger charge is -2.22. The van der Waals surface area contributed by atoms with Gasteiger partial charge in [0.25, 0.3) is 0 Å². The minimum Gasteiger partial charge on any atom is -0.508 e. The highest BCUT2D eigenvalue weighted by atomic mass is 16.4. The van der Waals surface area contributed by atoms with E-state index < -0.39 is 31.0 Å². The van der Waals surface area contributed by atoms with Crippen LogP contribution in [0.5, 0.6) is 11.5 Å². The van der Waals surface area contributed by atoms with Crippen molar-refractivity contribution in [3.63, 3.8) is 0 Å². The first-order chi connectivity index (χ1) is 15.2. The highest BCUT2D eigenvalue weighted by Gasteiger charge is 2.29. The van der Waals surface area contributed by atoms with Crippen molar-refractivity contribution in [2.45, 2.75) is 51.1 Å². The molecule has 0 aliphatic rings. The van der Waals surface area contributed by atoms with Gasteiger partial charge in [0.05, 0.1) is 6.61 Å². The Bertz CT molecular complexity index is 790. The van der Waals surface area contributed by atoms with Crippen LogP contribution in [-0.2, 0) is 4.79 Å². The summed E-state index contributed by atoms with van der Waals surface area (Å²) in [5.74, 6) is 0.568. The minimum absolute atomic E-state index is 0.0258. The molecular formula is C24H32O8. The predicted molar refractivity (Wildman–Crippen MR) is 121 cm³/mol. The molecule has 4 atom stereocenters. The summed E-state index contributed by atoms with van der Waals surface area (Å²) in [4.78, 5) is 9.90. The molecule has 0 aliphatic heterocycles. The van der Waals surface area contributed by atoms with Crippen molar-refractivity contribution in [3.8, 4) is 11.5 Å². The third-order valence-electron chi connectivity index (χ3n) is 4.92. The van der Waals surface area contributed by atoms with Crippen LogP contribution in [0.15, 0.2) is 48.5 Å². The van der Waals surface area contributed by atoms with Gasteiger partial charge in [0.15, 0.2) is 6.29 Å². The molecule has 176 valence electrons. The fraction of sp³-hybridized carbons (Fsp3) is 0.375. The maximum Gasteiger partial charge on any atom is 0.151 e. The standard InChI is InChI=1S/C18H20O2.C6H12O6/c1-3-17(13-5-9-15(19)10-6-13)18(4-2)14-7-11-16(20)12-8-14;7-1-3(9)5(11)6(12)4(10)2-8/h5-12,19-20H,3-4H2,1-2H3;1,3-6,8-12H,2H2/b18-17+;/t;3-,4+,5+,6+/m.0/s1. The molecule has 0 radical (unpaired) electrons. The van der Waals surface area contributed by atoms with E-state index in [4.69, 9.17) is 25.5 Å². The van der Waals surface area contributed by atoms with Gasteiger partial charge in [-0.1, -0.05) is 38.1 Å². The van der Waals surface area contributed by atoms with Crippen LogP contribution >= 0.6 is 0 Å². The molecule has 0 heterocycles. The van der Waals surface area contributed by atoms with Crippen LogP contribution in [0.3, 0.4) is 0 Å². The van der Waals surface area contributed by atoms with Crippen LogP contribution in [0.25, 0.3) is 11.1 Å². The van der Waals surface area contributed by atoms with Gasteiger partial charge < -0.3 is 40.5 Å². The zero-order chi connectivity index (χ0) is 24.3. The van der Waals surface area contributed by atoms with Gasteiger partial charge in [-0.25, -0.2) is 0 Å². The van der Waals surface area contributed by atoms with E-state index in [1.807, 2.05) is 24.3 Å². The summed E-state index contributed by atoms with van der Waals surface area (Å²) in [6.45, 7) is 3.51. The maximum absolute atomic E-state index is 9.90. The molecule has 0 saturated heterocycles. The van der Waals surface area contributed by atoms with Crippen LogP contribution in [0.1, 0.15) is 37.8 Å². The van der Waals surface area contributed by atoms with Gasteiger partial charge in [-0.15, -0.1) is 0 Å². The smallest absolute Gasteiger partial charge is 0.151 e. The first-order valence-electron chi connectivity index (χ1n) is 10.3. The Kier molecular flexibility index (Phi) is 11.6. The zero-order valence-electron chi connectivity index (χ0n) is 18.2. The number of phenols is 2. The van der Waals surface area contributed by atoms with Crippen molar-refractivity contribution in [1.29, 1.82) is 0 Å². The van der Waals surface area contributed by atoms with Crippen molar-refractivity contribution >= 4 is 17.4 Å². The summed E-state index contributed by atoms with van der Waals surface area (Å²) in [7, 11) is 0. The summed E-state index contributed by atoms with van der Waals surface area (Å²) in [6, 6.07) is 14.7. The topological polar surface area (TPSA) is 159 Å². The van der Waals surface area contributed by atoms with Crippen LogP contribution < -0.4 is 0 Å². The van der Waals surface area contributed by atoms with Crippen molar-refractivity contribution in [2.24, 2.45) is 0 Å². The second-order valence-electron chi connectivity index (χ2n) is 7.12. The number of carbonyl (C=O) groups is 1. The first-order valence-corrected chi connectivity index (χ1v) is 10.3. The highest BCUT2D eigenvalue weighted by Crippen LogP contribution is 2.32. The Morgan fingerprint density at radius 2 is 1.12 bits per heavy atom. The van der Waals surface area contributed by atoms with Crippen LogP contribution in [-0.4, -0.2) is 73.1 Å². The molecule has 8 heteroatoms. The van der Waals surface area contributed by atoms with Crippen molar-refractivity contribution in [1.82, 2.24) is 0 Å². The van der Waals surface area contributed by atoms with E-state index in [0.717, 1.165) is 24.0 Å². The lowest BCUT2D eigenvalue weighted by molar-refractivity contribution is -0.136. The Balaban J connectivity index is 0.000000368. The normalized spacial score (nSPS) is 15.5. The predicted octanol–water partition coefficient (Wildman–Crippen LogP) is 1.45. The number of carbonyl (C=O) groups excluding carboxylic acids is 1. The van der Waals surface area contributed by atoms with Crippen molar-refractivity contribution < 1.29 is 40.5 Å². The van der Waals surface area contributed by atoms with E-state index in [-0.39, 0.29) is 17.8 Å². The molecule has 8 nitrogen and oxygen atoms in total. The quantitative estimate of drug-likeness (QED) is 0.224. The third-order valence-corrected chi connectivity index (χ3v) is 4.92. The number of allylic oxidation sites excluding steroid dienone is 2. The molecule has 0 saturated carbocycles. The lowest BCUT2D eigenvalue weighted by atomic mass is 9.91. The fourth-order valence-electron chi connectivity index (χ4n) is 3.13. The van der Waals surface area contributed by atoms with Crippen molar-refractivity contribution in [2.75, 3.05) is 6.61 Å². The molecule has 0 unspecified atom stereocenters. The summed E-state index contributed by atoms with van der Waals surface area (Å²) >= 11 is 0. The van der Waals surface area contributed by atoms with Crippen LogP contribution in [0.2, 0.25) is 0 Å². The van der Waals surface area contributed by atoms with Gasteiger partial charge in [0.1, 0.15) is 35.9 Å². The molecule has 0 amide bonds. The van der Waals surface area contributed by atoms with E-state index in [0.29, 0.717) is 0 Å². The molecule has 0 fully saturated rings. The summed E-state index contributed by atoms with van der Waals surface area (Å²) in [6.07, 6.45) is -4.99. The average Bonchev–Trinajstić information content (AvgIpc) is 2.82. The summed E-state index contributed by atoms with van der Waals surface area (Å²) in [5.41, 5.74) is 4.82. The monoisotopic (exact) mass is 448 g/mol. The highest BCUT2D eigenvalue weighted by molar-refractivity contribution is 5.90.